The van der Waals surface area contributed by atoms with Crippen molar-refractivity contribution in [2.45, 2.75) is 32.9 Å². The Morgan fingerprint density at radius 3 is 2.50 bits per heavy atom. The molecule has 126 valence electrons. The van der Waals surface area contributed by atoms with Crippen LogP contribution in [0.4, 0.5) is 0 Å². The van der Waals surface area contributed by atoms with Crippen LogP contribution in [0, 0.1) is 0 Å². The van der Waals surface area contributed by atoms with E-state index in [0.29, 0.717) is 28.6 Å². The standard InChI is InChI=1S/C15H24Cl2N4.HI/c1-10(2)21(4)8-7-19-15(18)20-11(3)13-6-5-12(16)9-14(13)17;/h5-6,9-11H,7-8H2,1-4H3,(H3,18,19,20);1H. The summed E-state index contributed by atoms with van der Waals surface area (Å²) in [7, 11) is 2.07. The number of hydrogen-bond acceptors (Lipinski definition) is 2. The van der Waals surface area contributed by atoms with Gasteiger partial charge in [0.1, 0.15) is 0 Å². The largest absolute Gasteiger partial charge is 0.370 e. The predicted molar refractivity (Wildman–Crippen MR) is 108 cm³/mol. The lowest BCUT2D eigenvalue weighted by Crippen LogP contribution is -2.35. The third-order valence-corrected chi connectivity index (χ3v) is 3.97. The summed E-state index contributed by atoms with van der Waals surface area (Å²) in [6.07, 6.45) is 0. The highest BCUT2D eigenvalue weighted by molar-refractivity contribution is 14.0. The van der Waals surface area contributed by atoms with E-state index >= 15 is 0 Å². The maximum absolute atomic E-state index is 6.18. The maximum Gasteiger partial charge on any atom is 0.189 e. The number of rotatable bonds is 6. The van der Waals surface area contributed by atoms with Crippen molar-refractivity contribution >= 4 is 53.1 Å². The summed E-state index contributed by atoms with van der Waals surface area (Å²) >= 11 is 12.1. The molecule has 0 aliphatic rings. The Morgan fingerprint density at radius 2 is 1.95 bits per heavy atom. The van der Waals surface area contributed by atoms with Gasteiger partial charge in [-0.2, -0.15) is 0 Å². The third kappa shape index (κ3) is 7.35. The first kappa shape index (κ1) is 21.8. The van der Waals surface area contributed by atoms with Crippen LogP contribution in [-0.4, -0.2) is 37.0 Å². The SMILES string of the molecule is CC(NC(N)=NCCN(C)C(C)C)c1ccc(Cl)cc1Cl.I. The molecule has 3 N–H and O–H groups in total. The monoisotopic (exact) mass is 458 g/mol. The fourth-order valence-corrected chi connectivity index (χ4v) is 2.36. The molecule has 7 heteroatoms. The van der Waals surface area contributed by atoms with Gasteiger partial charge in [0.25, 0.3) is 0 Å². The summed E-state index contributed by atoms with van der Waals surface area (Å²) in [6.45, 7) is 7.81. The van der Waals surface area contributed by atoms with E-state index < -0.39 is 0 Å². The Bertz CT molecular complexity index is 494. The van der Waals surface area contributed by atoms with Crippen molar-refractivity contribution in [2.75, 3.05) is 20.1 Å². The van der Waals surface area contributed by atoms with Gasteiger partial charge in [0.15, 0.2) is 5.96 Å². The van der Waals surface area contributed by atoms with Gasteiger partial charge in [-0.15, -0.1) is 24.0 Å². The zero-order valence-electron chi connectivity index (χ0n) is 13.4. The van der Waals surface area contributed by atoms with Crippen molar-refractivity contribution in [3.8, 4) is 0 Å². The molecule has 0 heterocycles. The molecule has 0 bridgehead atoms. The normalized spacial score (nSPS) is 13.2. The van der Waals surface area contributed by atoms with Crippen molar-refractivity contribution in [1.29, 1.82) is 0 Å². The fraction of sp³-hybridized carbons (Fsp3) is 0.533. The van der Waals surface area contributed by atoms with E-state index in [0.717, 1.165) is 12.1 Å². The molecule has 1 atom stereocenters. The topological polar surface area (TPSA) is 53.6 Å². The average Bonchev–Trinajstić information content (AvgIpc) is 2.37. The second kappa shape index (κ2) is 10.5. The van der Waals surface area contributed by atoms with Crippen LogP contribution in [0.15, 0.2) is 23.2 Å². The molecule has 0 aliphatic heterocycles. The summed E-state index contributed by atoms with van der Waals surface area (Å²) in [5.41, 5.74) is 6.85. The quantitative estimate of drug-likeness (QED) is 0.386. The molecule has 0 radical (unpaired) electrons. The number of hydrogen-bond donors (Lipinski definition) is 2. The van der Waals surface area contributed by atoms with Gasteiger partial charge in [-0.3, -0.25) is 4.99 Å². The fourth-order valence-electron chi connectivity index (χ4n) is 1.78. The van der Waals surface area contributed by atoms with Gasteiger partial charge < -0.3 is 16.0 Å². The van der Waals surface area contributed by atoms with Crippen molar-refractivity contribution in [3.63, 3.8) is 0 Å². The zero-order valence-corrected chi connectivity index (χ0v) is 17.3. The molecule has 0 saturated heterocycles. The van der Waals surface area contributed by atoms with Crippen LogP contribution < -0.4 is 11.1 Å². The first-order chi connectivity index (χ1) is 9.81. The highest BCUT2D eigenvalue weighted by Gasteiger charge is 2.10. The van der Waals surface area contributed by atoms with E-state index in [2.05, 4.69) is 36.1 Å². The highest BCUT2D eigenvalue weighted by atomic mass is 127. The van der Waals surface area contributed by atoms with Gasteiger partial charge >= 0.3 is 0 Å². The van der Waals surface area contributed by atoms with Gasteiger partial charge in [0.2, 0.25) is 0 Å². The van der Waals surface area contributed by atoms with Crippen LogP contribution in [0.5, 0.6) is 0 Å². The summed E-state index contributed by atoms with van der Waals surface area (Å²) < 4.78 is 0. The summed E-state index contributed by atoms with van der Waals surface area (Å²) in [5.74, 6) is 0.422. The van der Waals surface area contributed by atoms with Gasteiger partial charge in [-0.25, -0.2) is 0 Å². The Hall–Kier alpha value is -0.240. The number of benzene rings is 1. The van der Waals surface area contributed by atoms with E-state index in [1.165, 1.54) is 0 Å². The lowest BCUT2D eigenvalue weighted by atomic mass is 10.1. The Labute approximate surface area is 160 Å². The van der Waals surface area contributed by atoms with E-state index in [9.17, 15) is 0 Å². The van der Waals surface area contributed by atoms with Crippen LogP contribution >= 0.6 is 47.2 Å². The van der Waals surface area contributed by atoms with Gasteiger partial charge in [-0.1, -0.05) is 29.3 Å². The zero-order chi connectivity index (χ0) is 16.0. The lowest BCUT2D eigenvalue weighted by molar-refractivity contribution is 0.282. The second-order valence-corrected chi connectivity index (χ2v) is 6.22. The van der Waals surface area contributed by atoms with Crippen LogP contribution in [0.2, 0.25) is 10.0 Å². The van der Waals surface area contributed by atoms with Gasteiger partial charge in [-0.05, 0) is 45.5 Å². The van der Waals surface area contributed by atoms with Gasteiger partial charge in [0, 0.05) is 22.6 Å². The van der Waals surface area contributed by atoms with Crippen LogP contribution in [0.3, 0.4) is 0 Å². The molecular formula is C15H25Cl2IN4. The molecule has 0 amide bonds. The van der Waals surface area contributed by atoms with E-state index in [4.69, 9.17) is 28.9 Å². The van der Waals surface area contributed by atoms with E-state index in [-0.39, 0.29) is 30.0 Å². The summed E-state index contributed by atoms with van der Waals surface area (Å²) in [4.78, 5) is 6.55. The molecule has 0 aromatic heterocycles. The molecule has 0 spiro atoms. The number of halogens is 3. The Balaban J connectivity index is 0.00000441. The first-order valence-electron chi connectivity index (χ1n) is 7.03. The number of nitrogens with one attached hydrogen (secondary N) is 1. The van der Waals surface area contributed by atoms with Crippen LogP contribution in [0.25, 0.3) is 0 Å². The minimum Gasteiger partial charge on any atom is -0.370 e. The average molecular weight is 459 g/mol. The van der Waals surface area contributed by atoms with Crippen molar-refractivity contribution in [1.82, 2.24) is 10.2 Å². The molecule has 1 rings (SSSR count). The van der Waals surface area contributed by atoms with E-state index in [1.54, 1.807) is 6.07 Å². The molecule has 0 aliphatic carbocycles. The minimum atomic E-state index is -0.0265. The number of nitrogens with two attached hydrogens (primary N) is 1. The number of nitrogens with zero attached hydrogens (tertiary/aromatic N) is 2. The predicted octanol–water partition coefficient (Wildman–Crippen LogP) is 3.92. The number of likely N-dealkylation sites (N-methyl/N-ethyl adjacent to an activating group) is 1. The molecule has 0 saturated carbocycles. The smallest absolute Gasteiger partial charge is 0.189 e. The molecule has 1 aromatic carbocycles. The lowest BCUT2D eigenvalue weighted by Gasteiger charge is -2.20. The minimum absolute atomic E-state index is 0. The summed E-state index contributed by atoms with van der Waals surface area (Å²) in [6, 6.07) is 5.90. The first-order valence-corrected chi connectivity index (χ1v) is 7.78. The molecule has 22 heavy (non-hydrogen) atoms. The number of guanidine groups is 1. The summed E-state index contributed by atoms with van der Waals surface area (Å²) in [5, 5.41) is 4.38. The molecule has 4 nitrogen and oxygen atoms in total. The highest BCUT2D eigenvalue weighted by Crippen LogP contribution is 2.25. The molecular weight excluding hydrogens is 434 g/mol. The Kier molecular flexibility index (Phi) is 10.4. The molecule has 1 unspecified atom stereocenters. The molecule has 1 aromatic rings. The van der Waals surface area contributed by atoms with Crippen LogP contribution in [0.1, 0.15) is 32.4 Å². The van der Waals surface area contributed by atoms with Crippen molar-refractivity contribution in [3.05, 3.63) is 33.8 Å². The maximum atomic E-state index is 6.18. The van der Waals surface area contributed by atoms with E-state index in [1.807, 2.05) is 19.1 Å². The van der Waals surface area contributed by atoms with Crippen molar-refractivity contribution < 1.29 is 0 Å². The van der Waals surface area contributed by atoms with Gasteiger partial charge in [0.05, 0.1) is 12.6 Å². The van der Waals surface area contributed by atoms with Crippen LogP contribution in [-0.2, 0) is 0 Å². The van der Waals surface area contributed by atoms with Crippen molar-refractivity contribution in [2.24, 2.45) is 10.7 Å². The third-order valence-electron chi connectivity index (χ3n) is 3.41. The Morgan fingerprint density at radius 1 is 1.32 bits per heavy atom. The molecule has 0 fully saturated rings. The number of aliphatic imine (C=N–C) groups is 1. The second-order valence-electron chi connectivity index (χ2n) is 5.37.